The van der Waals surface area contributed by atoms with Gasteiger partial charge in [-0.25, -0.2) is 4.98 Å². The largest absolute Gasteiger partial charge is 0.383 e. The maximum atomic E-state index is 13.2. The van der Waals surface area contributed by atoms with Gasteiger partial charge in [0.05, 0.1) is 23.7 Å². The summed E-state index contributed by atoms with van der Waals surface area (Å²) in [6.45, 7) is 11.6. The van der Waals surface area contributed by atoms with Crippen LogP contribution in [0, 0.1) is 13.8 Å². The lowest BCUT2D eigenvalue weighted by Gasteiger charge is -2.20. The van der Waals surface area contributed by atoms with Crippen molar-refractivity contribution in [3.05, 3.63) is 61.9 Å². The Morgan fingerprint density at radius 1 is 1.24 bits per heavy atom. The number of ether oxygens (including phenoxy) is 1. The molecule has 1 aromatic carbocycles. The summed E-state index contributed by atoms with van der Waals surface area (Å²) in [6, 6.07) is 7.61. The monoisotopic (exact) mass is 458 g/mol. The second-order valence-corrected chi connectivity index (χ2v) is 9.09. The Hall–Kier alpha value is -2.25. The molecule has 0 spiro atoms. The number of nitrogens with zero attached hydrogens (tertiary/aromatic N) is 4. The van der Waals surface area contributed by atoms with Crippen LogP contribution in [0.15, 0.2) is 38.6 Å². The summed E-state index contributed by atoms with van der Waals surface area (Å²) < 4.78 is 9.65. The van der Waals surface area contributed by atoms with Gasteiger partial charge in [0.15, 0.2) is 0 Å². The third kappa shape index (κ3) is 4.36. The summed E-state index contributed by atoms with van der Waals surface area (Å²) in [5.41, 5.74) is 3.35. The Kier molecular flexibility index (Phi) is 6.10. The molecule has 0 saturated carbocycles. The molecule has 6 nitrogen and oxygen atoms in total. The van der Waals surface area contributed by atoms with Crippen molar-refractivity contribution in [1.82, 2.24) is 14.2 Å². The molecule has 0 aliphatic rings. The Morgan fingerprint density at radius 2 is 1.97 bits per heavy atom. The fourth-order valence-corrected chi connectivity index (χ4v) is 3.71. The molecular formula is C22H27BrN4O2. The first-order valence-electron chi connectivity index (χ1n) is 9.56. The average Bonchev–Trinajstić information content (AvgIpc) is 2.92. The van der Waals surface area contributed by atoms with Crippen LogP contribution >= 0.6 is 15.9 Å². The van der Waals surface area contributed by atoms with E-state index in [1.165, 1.54) is 4.68 Å². The number of rotatable bonds is 5. The predicted molar refractivity (Wildman–Crippen MR) is 121 cm³/mol. The topological polar surface area (TPSA) is 61.4 Å². The molecule has 0 unspecified atom stereocenters. The minimum atomic E-state index is -0.340. The molecule has 0 atom stereocenters. The third-order valence-corrected chi connectivity index (χ3v) is 5.42. The van der Waals surface area contributed by atoms with Crippen LogP contribution < -0.4 is 5.56 Å². The molecule has 3 aromatic rings. The first-order valence-corrected chi connectivity index (χ1v) is 10.4. The van der Waals surface area contributed by atoms with E-state index >= 15 is 0 Å². The van der Waals surface area contributed by atoms with Gasteiger partial charge < -0.3 is 9.30 Å². The molecule has 29 heavy (non-hydrogen) atoms. The molecule has 2 heterocycles. The van der Waals surface area contributed by atoms with E-state index in [0.29, 0.717) is 23.3 Å². The van der Waals surface area contributed by atoms with Crippen molar-refractivity contribution >= 4 is 33.0 Å². The number of benzene rings is 1. The highest BCUT2D eigenvalue weighted by Gasteiger charge is 2.23. The van der Waals surface area contributed by atoms with E-state index in [9.17, 15) is 4.79 Å². The highest BCUT2D eigenvalue weighted by Crippen LogP contribution is 2.23. The van der Waals surface area contributed by atoms with Crippen molar-refractivity contribution in [3.8, 4) is 0 Å². The maximum Gasteiger partial charge on any atom is 0.282 e. The van der Waals surface area contributed by atoms with Gasteiger partial charge in [-0.3, -0.25) is 4.79 Å². The quantitative estimate of drug-likeness (QED) is 0.532. The summed E-state index contributed by atoms with van der Waals surface area (Å²) >= 11 is 3.44. The number of aryl methyl sites for hydroxylation is 1. The SMILES string of the molecule is COCCn1c(C)cc(C=Nn2c(C(C)(C)C)nc3ccc(Br)cc3c2=O)c1C. The van der Waals surface area contributed by atoms with Crippen molar-refractivity contribution in [2.45, 2.75) is 46.6 Å². The lowest BCUT2D eigenvalue weighted by molar-refractivity contribution is 0.186. The molecule has 0 radical (unpaired) electrons. The predicted octanol–water partition coefficient (Wildman–Crippen LogP) is 4.40. The molecule has 3 rings (SSSR count). The number of hydrogen-bond acceptors (Lipinski definition) is 4. The Morgan fingerprint density at radius 3 is 2.62 bits per heavy atom. The smallest absolute Gasteiger partial charge is 0.282 e. The Bertz CT molecular complexity index is 1140. The lowest BCUT2D eigenvalue weighted by Crippen LogP contribution is -2.29. The molecule has 0 fully saturated rings. The first-order chi connectivity index (χ1) is 13.6. The zero-order valence-electron chi connectivity index (χ0n) is 17.8. The highest BCUT2D eigenvalue weighted by molar-refractivity contribution is 9.10. The van der Waals surface area contributed by atoms with Crippen molar-refractivity contribution in [1.29, 1.82) is 0 Å². The van der Waals surface area contributed by atoms with E-state index in [1.807, 2.05) is 39.8 Å². The van der Waals surface area contributed by atoms with Gasteiger partial charge in [-0.1, -0.05) is 36.7 Å². The number of aromatic nitrogens is 3. The molecule has 0 amide bonds. The van der Waals surface area contributed by atoms with Crippen molar-refractivity contribution in [2.24, 2.45) is 5.10 Å². The minimum Gasteiger partial charge on any atom is -0.383 e. The number of halogens is 1. The van der Waals surface area contributed by atoms with Crippen LogP contribution in [0.4, 0.5) is 0 Å². The van der Waals surface area contributed by atoms with Crippen LogP contribution in [0.3, 0.4) is 0 Å². The van der Waals surface area contributed by atoms with Crippen LogP contribution in [0.1, 0.15) is 43.5 Å². The van der Waals surface area contributed by atoms with E-state index in [1.54, 1.807) is 19.4 Å². The highest BCUT2D eigenvalue weighted by atomic mass is 79.9. The summed E-state index contributed by atoms with van der Waals surface area (Å²) in [4.78, 5) is 18.0. The van der Waals surface area contributed by atoms with Crippen LogP contribution in [0.5, 0.6) is 0 Å². The van der Waals surface area contributed by atoms with Crippen LogP contribution in [0.25, 0.3) is 10.9 Å². The maximum absolute atomic E-state index is 13.2. The standard InChI is InChI=1S/C22H27BrN4O2/c1-14-11-16(15(2)26(14)9-10-29-6)13-24-27-20(28)18-12-17(23)7-8-19(18)25-21(27)22(3,4)5/h7-8,11-13H,9-10H2,1-6H3. The van der Waals surface area contributed by atoms with E-state index in [-0.39, 0.29) is 11.0 Å². The molecular weight excluding hydrogens is 432 g/mol. The number of hydrogen-bond donors (Lipinski definition) is 0. The van der Waals surface area contributed by atoms with Gasteiger partial charge in [-0.15, -0.1) is 0 Å². The summed E-state index contributed by atoms with van der Waals surface area (Å²) in [5.74, 6) is 0.627. The van der Waals surface area contributed by atoms with Crippen LogP contribution in [0.2, 0.25) is 0 Å². The number of methoxy groups -OCH3 is 1. The fraction of sp³-hybridized carbons (Fsp3) is 0.409. The van der Waals surface area contributed by atoms with Gasteiger partial charge in [-0.2, -0.15) is 9.78 Å². The summed E-state index contributed by atoms with van der Waals surface area (Å²) in [5, 5.41) is 5.11. The number of fused-ring (bicyclic) bond motifs is 1. The van der Waals surface area contributed by atoms with E-state index in [0.717, 1.165) is 28.0 Å². The molecule has 0 bridgehead atoms. The molecule has 0 aliphatic carbocycles. The Labute approximate surface area is 179 Å². The van der Waals surface area contributed by atoms with Gasteiger partial charge in [0.25, 0.3) is 5.56 Å². The van der Waals surface area contributed by atoms with Crippen molar-refractivity contribution in [2.75, 3.05) is 13.7 Å². The molecule has 7 heteroatoms. The van der Waals surface area contributed by atoms with Gasteiger partial charge >= 0.3 is 0 Å². The molecule has 0 saturated heterocycles. The van der Waals surface area contributed by atoms with Crippen LogP contribution in [-0.2, 0) is 16.7 Å². The molecule has 0 aliphatic heterocycles. The second-order valence-electron chi connectivity index (χ2n) is 8.18. The zero-order chi connectivity index (χ0) is 21.3. The summed E-state index contributed by atoms with van der Waals surface area (Å²) in [7, 11) is 1.70. The van der Waals surface area contributed by atoms with Gasteiger partial charge in [0.1, 0.15) is 5.82 Å². The Balaban J connectivity index is 2.15. The minimum absolute atomic E-state index is 0.175. The first kappa shape index (κ1) is 21.5. The third-order valence-electron chi connectivity index (χ3n) is 4.92. The lowest BCUT2D eigenvalue weighted by atomic mass is 9.95. The fourth-order valence-electron chi connectivity index (χ4n) is 3.35. The van der Waals surface area contributed by atoms with E-state index in [2.05, 4.69) is 38.6 Å². The zero-order valence-corrected chi connectivity index (χ0v) is 19.4. The molecule has 2 aromatic heterocycles. The van der Waals surface area contributed by atoms with Crippen molar-refractivity contribution in [3.63, 3.8) is 0 Å². The van der Waals surface area contributed by atoms with Gasteiger partial charge in [-0.05, 0) is 38.1 Å². The average molecular weight is 459 g/mol. The normalized spacial score (nSPS) is 12.4. The van der Waals surface area contributed by atoms with E-state index < -0.39 is 0 Å². The molecule has 0 N–H and O–H groups in total. The second kappa shape index (κ2) is 8.24. The molecule has 154 valence electrons. The van der Waals surface area contributed by atoms with Crippen molar-refractivity contribution < 1.29 is 4.74 Å². The van der Waals surface area contributed by atoms with E-state index in [4.69, 9.17) is 9.72 Å². The summed E-state index contributed by atoms with van der Waals surface area (Å²) in [6.07, 6.45) is 1.74. The van der Waals surface area contributed by atoms with Gasteiger partial charge in [0.2, 0.25) is 0 Å². The van der Waals surface area contributed by atoms with Crippen LogP contribution in [-0.4, -0.2) is 34.2 Å². The van der Waals surface area contributed by atoms with Gasteiger partial charge in [0, 0.05) is 40.5 Å².